The maximum atomic E-state index is 5.34. The van der Waals surface area contributed by atoms with E-state index in [4.69, 9.17) is 16.6 Å². The van der Waals surface area contributed by atoms with E-state index in [-0.39, 0.29) is 0 Å². The number of oxazole rings is 1. The first-order chi connectivity index (χ1) is 5.25. The van der Waals surface area contributed by atoms with Gasteiger partial charge in [-0.05, 0) is 31.0 Å². The van der Waals surface area contributed by atoms with Crippen LogP contribution in [0.4, 0.5) is 0 Å². The van der Waals surface area contributed by atoms with Crippen molar-refractivity contribution < 1.29 is 4.42 Å². The van der Waals surface area contributed by atoms with Gasteiger partial charge in [0.05, 0.1) is 5.69 Å². The lowest BCUT2D eigenvalue weighted by Crippen LogP contribution is -2.09. The normalized spacial score (nSPS) is 23.2. The average Bonchev–Trinajstić information content (AvgIpc) is 2.27. The van der Waals surface area contributed by atoms with Gasteiger partial charge in [0.25, 0.3) is 4.84 Å². The van der Waals surface area contributed by atoms with Crippen molar-refractivity contribution in [2.75, 3.05) is 0 Å². The molecule has 0 aromatic carbocycles. The Hall–Kier alpha value is -0.570. The highest BCUT2D eigenvalue weighted by atomic mass is 32.1. The minimum Gasteiger partial charge on any atom is -0.434 e. The Labute approximate surface area is 70.6 Å². The van der Waals surface area contributed by atoms with Crippen LogP contribution in [-0.2, 0) is 12.8 Å². The smallest absolute Gasteiger partial charge is 0.266 e. The molecular formula is C8H11NOS. The topological polar surface area (TPSA) is 28.9 Å². The first-order valence-corrected chi connectivity index (χ1v) is 4.37. The zero-order valence-electron chi connectivity index (χ0n) is 6.52. The summed E-state index contributed by atoms with van der Waals surface area (Å²) in [6, 6.07) is 0. The van der Waals surface area contributed by atoms with E-state index in [1.165, 1.54) is 12.1 Å². The van der Waals surface area contributed by atoms with Gasteiger partial charge in [-0.3, -0.25) is 0 Å². The number of hydrogen-bond donors (Lipinski definition) is 1. The van der Waals surface area contributed by atoms with E-state index < -0.39 is 0 Å². The summed E-state index contributed by atoms with van der Waals surface area (Å²) in [5.74, 6) is 1.82. The third kappa shape index (κ3) is 1.25. The van der Waals surface area contributed by atoms with E-state index in [0.717, 1.165) is 24.5 Å². The van der Waals surface area contributed by atoms with Gasteiger partial charge in [-0.2, -0.15) is 0 Å². The zero-order valence-corrected chi connectivity index (χ0v) is 7.33. The number of rotatable bonds is 0. The second-order valence-corrected chi connectivity index (χ2v) is 3.64. The van der Waals surface area contributed by atoms with Crippen molar-refractivity contribution in [3.05, 3.63) is 16.3 Å². The van der Waals surface area contributed by atoms with Crippen molar-refractivity contribution in [2.24, 2.45) is 5.92 Å². The predicted molar refractivity (Wildman–Crippen MR) is 45.1 cm³/mol. The van der Waals surface area contributed by atoms with Crippen LogP contribution in [-0.4, -0.2) is 4.98 Å². The van der Waals surface area contributed by atoms with Gasteiger partial charge in [-0.15, -0.1) is 0 Å². The Morgan fingerprint density at radius 3 is 3.27 bits per heavy atom. The summed E-state index contributed by atoms with van der Waals surface area (Å²) in [6.45, 7) is 2.24. The highest BCUT2D eigenvalue weighted by Crippen LogP contribution is 2.24. The van der Waals surface area contributed by atoms with Gasteiger partial charge in [0.1, 0.15) is 5.76 Å². The summed E-state index contributed by atoms with van der Waals surface area (Å²) >= 11 is 4.90. The van der Waals surface area contributed by atoms with E-state index in [0.29, 0.717) is 4.84 Å². The van der Waals surface area contributed by atoms with Crippen molar-refractivity contribution in [1.29, 1.82) is 0 Å². The lowest BCUT2D eigenvalue weighted by atomic mass is 9.92. The Bertz CT molecular complexity index is 312. The van der Waals surface area contributed by atoms with Gasteiger partial charge in [-0.1, -0.05) is 6.92 Å². The highest BCUT2D eigenvalue weighted by Gasteiger charge is 2.18. The Balaban J connectivity index is 2.41. The molecule has 0 aliphatic heterocycles. The van der Waals surface area contributed by atoms with Crippen LogP contribution in [0.3, 0.4) is 0 Å². The Morgan fingerprint density at radius 2 is 2.45 bits per heavy atom. The van der Waals surface area contributed by atoms with E-state index >= 15 is 0 Å². The van der Waals surface area contributed by atoms with Crippen molar-refractivity contribution in [1.82, 2.24) is 4.98 Å². The molecule has 1 atom stereocenters. The molecule has 1 aromatic rings. The third-order valence-electron chi connectivity index (χ3n) is 2.23. The summed E-state index contributed by atoms with van der Waals surface area (Å²) in [6.07, 6.45) is 3.39. The molecule has 11 heavy (non-hydrogen) atoms. The number of fused-ring (bicyclic) bond motifs is 1. The fraction of sp³-hybridized carbons (Fsp3) is 0.625. The van der Waals surface area contributed by atoms with Gasteiger partial charge in [-0.25, -0.2) is 0 Å². The van der Waals surface area contributed by atoms with Crippen LogP contribution in [0.5, 0.6) is 0 Å². The third-order valence-corrected chi connectivity index (χ3v) is 2.41. The second kappa shape index (κ2) is 2.48. The quantitative estimate of drug-likeness (QED) is 0.604. The van der Waals surface area contributed by atoms with Crippen molar-refractivity contribution in [2.45, 2.75) is 26.2 Å². The fourth-order valence-corrected chi connectivity index (χ4v) is 1.79. The van der Waals surface area contributed by atoms with Crippen LogP contribution < -0.4 is 0 Å². The lowest BCUT2D eigenvalue weighted by molar-refractivity contribution is 0.408. The molecule has 2 rings (SSSR count). The molecule has 1 N–H and O–H groups in total. The molecule has 3 heteroatoms. The van der Waals surface area contributed by atoms with Crippen molar-refractivity contribution in [3.8, 4) is 0 Å². The number of aromatic nitrogens is 1. The van der Waals surface area contributed by atoms with E-state index in [1.807, 2.05) is 0 Å². The Morgan fingerprint density at radius 1 is 1.64 bits per heavy atom. The largest absolute Gasteiger partial charge is 0.434 e. The number of hydrogen-bond acceptors (Lipinski definition) is 2. The van der Waals surface area contributed by atoms with Gasteiger partial charge in [0, 0.05) is 6.42 Å². The highest BCUT2D eigenvalue weighted by molar-refractivity contribution is 7.71. The molecule has 1 aliphatic rings. The molecule has 0 fully saturated rings. The van der Waals surface area contributed by atoms with Crippen molar-refractivity contribution >= 4 is 12.2 Å². The van der Waals surface area contributed by atoms with Gasteiger partial charge in [0.2, 0.25) is 0 Å². The first-order valence-electron chi connectivity index (χ1n) is 3.96. The number of aryl methyl sites for hydroxylation is 1. The van der Waals surface area contributed by atoms with Crippen LogP contribution in [0, 0.1) is 10.8 Å². The molecule has 0 radical (unpaired) electrons. The molecule has 0 saturated heterocycles. The summed E-state index contributed by atoms with van der Waals surface area (Å²) in [5.41, 5.74) is 1.22. The summed E-state index contributed by atoms with van der Waals surface area (Å²) in [7, 11) is 0. The van der Waals surface area contributed by atoms with E-state index in [2.05, 4.69) is 11.9 Å². The number of aromatic amines is 1. The Kier molecular flexibility index (Phi) is 1.60. The lowest BCUT2D eigenvalue weighted by Gasteiger charge is -2.14. The average molecular weight is 169 g/mol. The molecule has 1 aliphatic carbocycles. The standard InChI is InChI=1S/C8H11NOS/c1-5-2-3-6-7(4-5)10-8(11)9-6/h5H,2-4H2,1H3,(H,9,11). The molecular weight excluding hydrogens is 158 g/mol. The minimum absolute atomic E-state index is 0.532. The maximum absolute atomic E-state index is 5.34. The molecule has 0 bridgehead atoms. The minimum atomic E-state index is 0.532. The number of H-pyrrole nitrogens is 1. The molecule has 2 nitrogen and oxygen atoms in total. The summed E-state index contributed by atoms with van der Waals surface area (Å²) in [5, 5.41) is 0. The molecule has 0 spiro atoms. The second-order valence-electron chi connectivity index (χ2n) is 3.26. The van der Waals surface area contributed by atoms with Gasteiger partial charge in [0.15, 0.2) is 0 Å². The van der Waals surface area contributed by atoms with Crippen LogP contribution in [0.2, 0.25) is 0 Å². The maximum Gasteiger partial charge on any atom is 0.266 e. The predicted octanol–water partition coefficient (Wildman–Crippen LogP) is 2.46. The molecule has 1 aromatic heterocycles. The molecule has 0 saturated carbocycles. The van der Waals surface area contributed by atoms with Crippen LogP contribution in [0.1, 0.15) is 24.8 Å². The van der Waals surface area contributed by atoms with Crippen LogP contribution in [0.15, 0.2) is 4.42 Å². The molecule has 0 amide bonds. The molecule has 1 heterocycles. The van der Waals surface area contributed by atoms with E-state index in [9.17, 15) is 0 Å². The van der Waals surface area contributed by atoms with Gasteiger partial charge < -0.3 is 9.40 Å². The summed E-state index contributed by atoms with van der Waals surface area (Å²) < 4.78 is 5.34. The monoisotopic (exact) mass is 169 g/mol. The molecule has 1 unspecified atom stereocenters. The SMILES string of the molecule is CC1CCc2[nH]c(=S)oc2C1. The first kappa shape index (κ1) is 7.10. The van der Waals surface area contributed by atoms with Crippen LogP contribution >= 0.6 is 12.2 Å². The van der Waals surface area contributed by atoms with E-state index in [1.54, 1.807) is 0 Å². The van der Waals surface area contributed by atoms with Crippen molar-refractivity contribution in [3.63, 3.8) is 0 Å². The fourth-order valence-electron chi connectivity index (χ4n) is 1.57. The molecule has 60 valence electrons. The summed E-state index contributed by atoms with van der Waals surface area (Å²) in [4.78, 5) is 3.60. The number of nitrogens with one attached hydrogen (secondary N) is 1. The van der Waals surface area contributed by atoms with Crippen LogP contribution in [0.25, 0.3) is 0 Å². The zero-order chi connectivity index (χ0) is 7.84. The van der Waals surface area contributed by atoms with Gasteiger partial charge >= 0.3 is 0 Å².